The number of anilines is 1. The topological polar surface area (TPSA) is 49.4 Å². The minimum Gasteiger partial charge on any atom is -0.371 e. The molecule has 8 heteroatoms. The van der Waals surface area contributed by atoms with Gasteiger partial charge in [-0.1, -0.05) is 0 Å². The van der Waals surface area contributed by atoms with Crippen molar-refractivity contribution in [1.82, 2.24) is 5.32 Å². The number of Topliss-reactive ketones (excluding diaryl/α,β-unsaturated/α-hetero) is 2. The van der Waals surface area contributed by atoms with E-state index in [2.05, 4.69) is 5.32 Å². The van der Waals surface area contributed by atoms with E-state index < -0.39 is 17.5 Å². The first-order valence-corrected chi connectivity index (χ1v) is 10.7. The minimum absolute atomic E-state index is 0. The number of nitrogens with one attached hydrogen (secondary N) is 1. The van der Waals surface area contributed by atoms with Gasteiger partial charge < -0.3 is 10.2 Å². The van der Waals surface area contributed by atoms with Gasteiger partial charge in [0, 0.05) is 36.7 Å². The first kappa shape index (κ1) is 24.3. The van der Waals surface area contributed by atoms with Crippen molar-refractivity contribution >= 4 is 29.7 Å². The fourth-order valence-electron chi connectivity index (χ4n) is 4.51. The Morgan fingerprint density at radius 3 is 1.88 bits per heavy atom. The van der Waals surface area contributed by atoms with Gasteiger partial charge in [-0.2, -0.15) is 0 Å². The van der Waals surface area contributed by atoms with Crippen LogP contribution in [-0.4, -0.2) is 37.7 Å². The maximum atomic E-state index is 14.7. The molecular weight excluding hydrogens is 441 g/mol. The molecule has 2 heterocycles. The van der Waals surface area contributed by atoms with Crippen LogP contribution in [0.2, 0.25) is 0 Å². The molecule has 4 rings (SSSR count). The number of rotatable bonds is 5. The third-order valence-electron chi connectivity index (χ3n) is 6.36. The average molecular weight is 467 g/mol. The molecule has 0 aromatic heterocycles. The molecule has 2 fully saturated rings. The Morgan fingerprint density at radius 1 is 0.781 bits per heavy atom. The summed E-state index contributed by atoms with van der Waals surface area (Å²) in [7, 11) is 0. The lowest BCUT2D eigenvalue weighted by Gasteiger charge is -2.33. The van der Waals surface area contributed by atoms with Gasteiger partial charge in [0.25, 0.3) is 0 Å². The van der Waals surface area contributed by atoms with Crippen LogP contribution in [0.15, 0.2) is 36.4 Å². The normalized spacial score (nSPS) is 17.7. The molecule has 0 unspecified atom stereocenters. The van der Waals surface area contributed by atoms with Crippen LogP contribution >= 0.6 is 12.4 Å². The first-order valence-electron chi connectivity index (χ1n) is 10.7. The second-order valence-corrected chi connectivity index (χ2v) is 8.30. The van der Waals surface area contributed by atoms with Crippen molar-refractivity contribution in [2.75, 3.05) is 31.1 Å². The number of piperidine rings is 2. The molecule has 2 saturated heterocycles. The first-order chi connectivity index (χ1) is 14.9. The Labute approximate surface area is 191 Å². The highest BCUT2D eigenvalue weighted by Gasteiger charge is 2.29. The van der Waals surface area contributed by atoms with Gasteiger partial charge in [0.15, 0.2) is 11.6 Å². The van der Waals surface area contributed by atoms with E-state index in [0.29, 0.717) is 31.6 Å². The minimum atomic E-state index is -0.844. The highest BCUT2D eigenvalue weighted by Crippen LogP contribution is 2.29. The van der Waals surface area contributed by atoms with E-state index in [0.717, 1.165) is 38.1 Å². The Bertz CT molecular complexity index is 987. The number of carbonyl (C=O) groups excluding carboxylic acids is 2. The number of carbonyl (C=O) groups is 2. The molecule has 2 aromatic carbocycles. The van der Waals surface area contributed by atoms with Crippen LogP contribution in [0.25, 0.3) is 0 Å². The molecule has 2 aliphatic heterocycles. The van der Waals surface area contributed by atoms with Gasteiger partial charge in [0.1, 0.15) is 17.5 Å². The van der Waals surface area contributed by atoms with Gasteiger partial charge in [-0.05, 0) is 69.1 Å². The molecular formula is C24H26ClF3N2O2. The number of hydrogen-bond acceptors (Lipinski definition) is 4. The van der Waals surface area contributed by atoms with Crippen molar-refractivity contribution in [1.29, 1.82) is 0 Å². The summed E-state index contributed by atoms with van der Waals surface area (Å²) in [4.78, 5) is 27.2. The molecule has 2 aromatic rings. The summed E-state index contributed by atoms with van der Waals surface area (Å²) in [6, 6.07) is 7.68. The highest BCUT2D eigenvalue weighted by atomic mass is 35.5. The molecule has 1 N–H and O–H groups in total. The van der Waals surface area contributed by atoms with Gasteiger partial charge >= 0.3 is 0 Å². The third-order valence-corrected chi connectivity index (χ3v) is 6.36. The number of benzene rings is 2. The zero-order chi connectivity index (χ0) is 22.0. The SMILES string of the molecule is Cl.O=C(c1ccc(N2CCC(C(=O)c3ccc(F)cc3F)CC2)cc1F)C1CCNCC1. The summed E-state index contributed by atoms with van der Waals surface area (Å²) in [5, 5.41) is 3.20. The van der Waals surface area contributed by atoms with E-state index in [4.69, 9.17) is 0 Å². The van der Waals surface area contributed by atoms with Crippen LogP contribution in [-0.2, 0) is 0 Å². The lowest BCUT2D eigenvalue weighted by atomic mass is 9.88. The average Bonchev–Trinajstić information content (AvgIpc) is 2.79. The zero-order valence-corrected chi connectivity index (χ0v) is 18.4. The molecule has 0 saturated carbocycles. The van der Waals surface area contributed by atoms with Crippen LogP contribution in [0.5, 0.6) is 0 Å². The lowest BCUT2D eigenvalue weighted by molar-refractivity contribution is 0.0884. The van der Waals surface area contributed by atoms with Gasteiger partial charge in [-0.25, -0.2) is 13.2 Å². The van der Waals surface area contributed by atoms with Crippen molar-refractivity contribution in [3.8, 4) is 0 Å². The summed E-state index contributed by atoms with van der Waals surface area (Å²) in [5.41, 5.74) is 0.706. The largest absolute Gasteiger partial charge is 0.371 e. The summed E-state index contributed by atoms with van der Waals surface area (Å²) in [6.45, 7) is 2.57. The monoisotopic (exact) mass is 466 g/mol. The van der Waals surface area contributed by atoms with Crippen LogP contribution in [0.4, 0.5) is 18.9 Å². The van der Waals surface area contributed by atoms with E-state index in [9.17, 15) is 22.8 Å². The van der Waals surface area contributed by atoms with Crippen LogP contribution in [0.3, 0.4) is 0 Å². The molecule has 0 amide bonds. The van der Waals surface area contributed by atoms with E-state index in [-0.39, 0.29) is 46.9 Å². The molecule has 0 spiro atoms. The van der Waals surface area contributed by atoms with Crippen molar-refractivity contribution in [3.63, 3.8) is 0 Å². The van der Waals surface area contributed by atoms with E-state index in [1.54, 1.807) is 12.1 Å². The molecule has 0 radical (unpaired) electrons. The Morgan fingerprint density at radius 2 is 1.31 bits per heavy atom. The van der Waals surface area contributed by atoms with Gasteiger partial charge in [0.2, 0.25) is 0 Å². The predicted molar refractivity (Wildman–Crippen MR) is 119 cm³/mol. The van der Waals surface area contributed by atoms with E-state index >= 15 is 0 Å². The maximum Gasteiger partial charge on any atom is 0.169 e. The number of ketones is 2. The molecule has 32 heavy (non-hydrogen) atoms. The number of hydrogen-bond donors (Lipinski definition) is 1. The highest BCUT2D eigenvalue weighted by molar-refractivity contribution is 5.99. The van der Waals surface area contributed by atoms with Gasteiger partial charge in [-0.15, -0.1) is 12.4 Å². The molecule has 0 aliphatic carbocycles. The molecule has 172 valence electrons. The molecule has 0 atom stereocenters. The third kappa shape index (κ3) is 5.15. The summed E-state index contributed by atoms with van der Waals surface area (Å²) < 4.78 is 41.8. The van der Waals surface area contributed by atoms with E-state index in [1.807, 2.05) is 4.90 Å². The zero-order valence-electron chi connectivity index (χ0n) is 17.6. The molecule has 4 nitrogen and oxygen atoms in total. The van der Waals surface area contributed by atoms with Crippen molar-refractivity contribution < 1.29 is 22.8 Å². The summed E-state index contributed by atoms with van der Waals surface area (Å²) >= 11 is 0. The Balaban J connectivity index is 0.00000289. The summed E-state index contributed by atoms with van der Waals surface area (Å²) in [5.74, 6) is -3.05. The maximum absolute atomic E-state index is 14.7. The molecule has 2 aliphatic rings. The predicted octanol–water partition coefficient (Wildman–Crippen LogP) is 4.81. The van der Waals surface area contributed by atoms with Crippen molar-refractivity contribution in [2.45, 2.75) is 25.7 Å². The fourth-order valence-corrected chi connectivity index (χ4v) is 4.51. The van der Waals surface area contributed by atoms with Crippen LogP contribution < -0.4 is 10.2 Å². The second kappa shape index (κ2) is 10.5. The lowest BCUT2D eigenvalue weighted by Crippen LogP contribution is -2.36. The summed E-state index contributed by atoms with van der Waals surface area (Å²) in [6.07, 6.45) is 2.42. The Hall–Kier alpha value is -2.38. The fraction of sp³-hybridized carbons (Fsp3) is 0.417. The second-order valence-electron chi connectivity index (χ2n) is 8.30. The smallest absolute Gasteiger partial charge is 0.169 e. The quantitative estimate of drug-likeness (QED) is 0.643. The standard InChI is InChI=1S/C24H25F3N2O2.ClH/c25-17-1-3-19(21(26)13-17)24(31)16-7-11-29(12-8-16)18-2-4-20(22(27)14-18)23(30)15-5-9-28-10-6-15;/h1-4,13-16,28H,5-12H2;1H. The van der Waals surface area contributed by atoms with Crippen molar-refractivity contribution in [2.24, 2.45) is 11.8 Å². The van der Waals surface area contributed by atoms with Crippen LogP contribution in [0.1, 0.15) is 46.4 Å². The van der Waals surface area contributed by atoms with Gasteiger partial charge in [0.05, 0.1) is 11.1 Å². The van der Waals surface area contributed by atoms with E-state index in [1.165, 1.54) is 12.1 Å². The molecule has 0 bridgehead atoms. The van der Waals surface area contributed by atoms with Crippen molar-refractivity contribution in [3.05, 3.63) is 65.0 Å². The Kier molecular flexibility index (Phi) is 7.96. The van der Waals surface area contributed by atoms with Crippen LogP contribution in [0, 0.1) is 29.3 Å². The number of halogens is 4. The number of nitrogens with zero attached hydrogens (tertiary/aromatic N) is 1. The van der Waals surface area contributed by atoms with Gasteiger partial charge in [-0.3, -0.25) is 9.59 Å².